The van der Waals surface area contributed by atoms with Gasteiger partial charge in [-0.05, 0) is 18.2 Å². The van der Waals surface area contributed by atoms with Crippen LogP contribution < -0.4 is 10.9 Å². The lowest BCUT2D eigenvalue weighted by Gasteiger charge is -2.10. The van der Waals surface area contributed by atoms with Gasteiger partial charge in [-0.25, -0.2) is 0 Å². The van der Waals surface area contributed by atoms with Crippen LogP contribution in [-0.4, -0.2) is 4.57 Å². The van der Waals surface area contributed by atoms with Crippen LogP contribution in [0.1, 0.15) is 5.56 Å². The van der Waals surface area contributed by atoms with E-state index in [0.29, 0.717) is 16.6 Å². The van der Waals surface area contributed by atoms with E-state index in [1.165, 1.54) is 10.6 Å². The van der Waals surface area contributed by atoms with Gasteiger partial charge in [0, 0.05) is 41.5 Å². The largest absolute Gasteiger partial charge is 0.380 e. The number of pyridine rings is 1. The van der Waals surface area contributed by atoms with E-state index in [2.05, 4.69) is 5.32 Å². The molecule has 2 rings (SSSR count). The smallest absolute Gasteiger partial charge is 0.250 e. The Labute approximate surface area is 115 Å². The minimum absolute atomic E-state index is 0.0451. The second-order valence-corrected chi connectivity index (χ2v) is 4.74. The molecule has 1 N–H and O–H groups in total. The van der Waals surface area contributed by atoms with Gasteiger partial charge in [-0.15, -0.1) is 0 Å². The summed E-state index contributed by atoms with van der Waals surface area (Å²) in [5.41, 5.74) is 1.64. The third-order valence-corrected chi connectivity index (χ3v) is 3.33. The molecule has 3 nitrogen and oxygen atoms in total. The van der Waals surface area contributed by atoms with Gasteiger partial charge in [-0.1, -0.05) is 29.3 Å². The first-order valence-corrected chi connectivity index (χ1v) is 6.17. The second-order valence-electron chi connectivity index (χ2n) is 3.92. The van der Waals surface area contributed by atoms with Gasteiger partial charge in [0.1, 0.15) is 0 Å². The van der Waals surface area contributed by atoms with E-state index in [1.54, 1.807) is 37.5 Å². The summed E-state index contributed by atoms with van der Waals surface area (Å²) < 4.78 is 1.51. The molecule has 0 saturated carbocycles. The molecule has 0 spiro atoms. The number of nitrogens with one attached hydrogen (secondary N) is 1. The van der Waals surface area contributed by atoms with Gasteiger partial charge in [0.05, 0.1) is 5.69 Å². The zero-order chi connectivity index (χ0) is 13.1. The van der Waals surface area contributed by atoms with Crippen LogP contribution in [-0.2, 0) is 13.6 Å². The normalized spacial score (nSPS) is 10.4. The Balaban J connectivity index is 2.16. The van der Waals surface area contributed by atoms with Crippen molar-refractivity contribution in [1.29, 1.82) is 0 Å². The average Bonchev–Trinajstić information content (AvgIpc) is 2.33. The van der Waals surface area contributed by atoms with E-state index in [9.17, 15) is 4.79 Å². The monoisotopic (exact) mass is 282 g/mol. The molecule has 1 aromatic heterocycles. The number of halogens is 2. The first-order chi connectivity index (χ1) is 8.58. The van der Waals surface area contributed by atoms with Crippen LogP contribution in [0.5, 0.6) is 0 Å². The van der Waals surface area contributed by atoms with Crippen molar-refractivity contribution in [2.75, 3.05) is 5.32 Å². The van der Waals surface area contributed by atoms with Crippen LogP contribution in [0.4, 0.5) is 5.69 Å². The third kappa shape index (κ3) is 2.86. The highest BCUT2D eigenvalue weighted by molar-refractivity contribution is 6.36. The molecule has 0 saturated heterocycles. The zero-order valence-electron chi connectivity index (χ0n) is 9.78. The molecule has 0 aliphatic rings. The van der Waals surface area contributed by atoms with Gasteiger partial charge < -0.3 is 9.88 Å². The van der Waals surface area contributed by atoms with Gasteiger partial charge in [0.15, 0.2) is 0 Å². The molecular weight excluding hydrogens is 271 g/mol. The Morgan fingerprint density at radius 2 is 1.83 bits per heavy atom. The molecule has 0 amide bonds. The van der Waals surface area contributed by atoms with E-state index < -0.39 is 0 Å². The van der Waals surface area contributed by atoms with Crippen molar-refractivity contribution < 1.29 is 0 Å². The fraction of sp³-hybridized carbons (Fsp3) is 0.154. The molecular formula is C13H12Cl2N2O. The minimum Gasteiger partial charge on any atom is -0.380 e. The molecule has 5 heteroatoms. The topological polar surface area (TPSA) is 34.0 Å². The van der Waals surface area contributed by atoms with Crippen molar-refractivity contribution in [2.45, 2.75) is 6.54 Å². The summed E-state index contributed by atoms with van der Waals surface area (Å²) in [5.74, 6) is 0. The van der Waals surface area contributed by atoms with E-state index in [0.717, 1.165) is 11.3 Å². The summed E-state index contributed by atoms with van der Waals surface area (Å²) in [6.45, 7) is 0.511. The summed E-state index contributed by atoms with van der Waals surface area (Å²) in [5, 5.41) is 4.43. The van der Waals surface area contributed by atoms with E-state index in [1.807, 2.05) is 0 Å². The lowest BCUT2D eigenvalue weighted by atomic mass is 10.2. The maximum absolute atomic E-state index is 11.2. The predicted molar refractivity (Wildman–Crippen MR) is 75.5 cm³/mol. The summed E-state index contributed by atoms with van der Waals surface area (Å²) in [4.78, 5) is 11.2. The molecule has 0 fully saturated rings. The number of rotatable bonds is 3. The van der Waals surface area contributed by atoms with Gasteiger partial charge in [0.25, 0.3) is 0 Å². The Kier molecular flexibility index (Phi) is 3.94. The van der Waals surface area contributed by atoms with Crippen LogP contribution in [0.15, 0.2) is 41.3 Å². The molecule has 0 atom stereocenters. The number of hydrogen-bond acceptors (Lipinski definition) is 2. The van der Waals surface area contributed by atoms with Crippen molar-refractivity contribution >= 4 is 28.9 Å². The van der Waals surface area contributed by atoms with Crippen molar-refractivity contribution in [1.82, 2.24) is 4.57 Å². The molecule has 2 aromatic rings. The highest BCUT2D eigenvalue weighted by atomic mass is 35.5. The second kappa shape index (κ2) is 5.46. The molecule has 94 valence electrons. The van der Waals surface area contributed by atoms with Crippen molar-refractivity contribution in [3.63, 3.8) is 0 Å². The molecule has 0 bridgehead atoms. The highest BCUT2D eigenvalue weighted by Gasteiger charge is 2.05. The fourth-order valence-electron chi connectivity index (χ4n) is 1.59. The zero-order valence-corrected chi connectivity index (χ0v) is 11.3. The maximum atomic E-state index is 11.2. The lowest BCUT2D eigenvalue weighted by Crippen LogP contribution is -2.15. The van der Waals surface area contributed by atoms with Crippen LogP contribution in [0.25, 0.3) is 0 Å². The fourth-order valence-corrected chi connectivity index (χ4v) is 2.12. The molecule has 0 unspecified atom stereocenters. The molecule has 1 aromatic carbocycles. The molecule has 0 aliphatic heterocycles. The van der Waals surface area contributed by atoms with Gasteiger partial charge in [0.2, 0.25) is 5.56 Å². The van der Waals surface area contributed by atoms with Crippen molar-refractivity contribution in [3.8, 4) is 0 Å². The average molecular weight is 283 g/mol. The number of aromatic nitrogens is 1. The van der Waals surface area contributed by atoms with Crippen molar-refractivity contribution in [2.24, 2.45) is 7.05 Å². The number of hydrogen-bond donors (Lipinski definition) is 1. The molecule has 18 heavy (non-hydrogen) atoms. The first kappa shape index (κ1) is 13.0. The van der Waals surface area contributed by atoms with E-state index in [4.69, 9.17) is 23.2 Å². The van der Waals surface area contributed by atoms with Crippen LogP contribution >= 0.6 is 23.2 Å². The van der Waals surface area contributed by atoms with Gasteiger partial charge in [-0.2, -0.15) is 0 Å². The number of nitrogens with zero attached hydrogens (tertiary/aromatic N) is 1. The predicted octanol–water partition coefficient (Wildman–Crippen LogP) is 3.30. The standard InChI is InChI=1S/C13H12Cl2N2O/c1-17-8-9(5-6-13(17)18)16-7-10-11(14)3-2-4-12(10)15/h2-6,8,16H,7H2,1H3. The Morgan fingerprint density at radius 3 is 2.44 bits per heavy atom. The van der Waals surface area contributed by atoms with Crippen LogP contribution in [0.3, 0.4) is 0 Å². The Hall–Kier alpha value is -1.45. The molecule has 1 heterocycles. The number of anilines is 1. The first-order valence-electron chi connectivity index (χ1n) is 5.41. The maximum Gasteiger partial charge on any atom is 0.250 e. The summed E-state index contributed by atoms with van der Waals surface area (Å²) in [7, 11) is 1.70. The van der Waals surface area contributed by atoms with Gasteiger partial charge in [-0.3, -0.25) is 4.79 Å². The molecule has 0 radical (unpaired) electrons. The Morgan fingerprint density at radius 1 is 1.17 bits per heavy atom. The van der Waals surface area contributed by atoms with E-state index in [-0.39, 0.29) is 5.56 Å². The van der Waals surface area contributed by atoms with Crippen LogP contribution in [0, 0.1) is 0 Å². The summed E-state index contributed by atoms with van der Waals surface area (Å²) in [6, 6.07) is 8.64. The minimum atomic E-state index is -0.0451. The quantitative estimate of drug-likeness (QED) is 0.937. The van der Waals surface area contributed by atoms with Gasteiger partial charge >= 0.3 is 0 Å². The van der Waals surface area contributed by atoms with E-state index >= 15 is 0 Å². The van der Waals surface area contributed by atoms with Crippen LogP contribution in [0.2, 0.25) is 10.0 Å². The third-order valence-electron chi connectivity index (χ3n) is 2.62. The lowest BCUT2D eigenvalue weighted by molar-refractivity contribution is 0.859. The summed E-state index contributed by atoms with van der Waals surface area (Å²) in [6.07, 6.45) is 1.73. The SMILES string of the molecule is Cn1cc(NCc2c(Cl)cccc2Cl)ccc1=O. The van der Waals surface area contributed by atoms with Crippen molar-refractivity contribution in [3.05, 3.63) is 62.5 Å². The number of aryl methyl sites for hydroxylation is 1. The summed E-state index contributed by atoms with van der Waals surface area (Å²) >= 11 is 12.1. The Bertz CT molecular complexity index is 602. The number of benzene rings is 1. The highest BCUT2D eigenvalue weighted by Crippen LogP contribution is 2.24. The molecule has 0 aliphatic carbocycles.